The van der Waals surface area contributed by atoms with Crippen LogP contribution in [0.2, 0.25) is 0 Å². The van der Waals surface area contributed by atoms with Crippen molar-refractivity contribution in [2.75, 3.05) is 26.2 Å². The molecule has 1 atom stereocenters. The summed E-state index contributed by atoms with van der Waals surface area (Å²) in [6.07, 6.45) is 7.85. The van der Waals surface area contributed by atoms with Crippen molar-refractivity contribution in [3.63, 3.8) is 0 Å². The second kappa shape index (κ2) is 8.03. The lowest BCUT2D eigenvalue weighted by molar-refractivity contribution is -0.139. The van der Waals surface area contributed by atoms with Crippen LogP contribution in [0.3, 0.4) is 0 Å². The maximum Gasteiger partial charge on any atom is 0.236 e. The first-order chi connectivity index (χ1) is 12.7. The van der Waals surface area contributed by atoms with Crippen molar-refractivity contribution in [2.24, 2.45) is 5.92 Å². The predicted octanol–water partition coefficient (Wildman–Crippen LogP) is 3.34. The molecule has 1 unspecified atom stereocenters. The Bertz CT molecular complexity index is 639. The zero-order chi connectivity index (χ0) is 17.9. The van der Waals surface area contributed by atoms with Crippen molar-refractivity contribution in [2.45, 2.75) is 55.1 Å². The van der Waals surface area contributed by atoms with Crippen LogP contribution in [0.15, 0.2) is 29.2 Å². The summed E-state index contributed by atoms with van der Waals surface area (Å²) in [6.45, 7) is 2.75. The van der Waals surface area contributed by atoms with Crippen molar-refractivity contribution in [3.05, 3.63) is 29.8 Å². The molecule has 5 heteroatoms. The fourth-order valence-electron chi connectivity index (χ4n) is 4.48. The minimum absolute atomic E-state index is 0.0111. The molecule has 1 aliphatic carbocycles. The molecule has 140 valence electrons. The van der Waals surface area contributed by atoms with Crippen LogP contribution in [0.1, 0.15) is 44.1 Å². The van der Waals surface area contributed by atoms with E-state index in [0.717, 1.165) is 18.8 Å². The molecule has 1 aromatic rings. The molecule has 0 aromatic heterocycles. The van der Waals surface area contributed by atoms with Gasteiger partial charge in [0, 0.05) is 37.5 Å². The van der Waals surface area contributed by atoms with E-state index in [1.165, 1.54) is 36.1 Å². The smallest absolute Gasteiger partial charge is 0.236 e. The van der Waals surface area contributed by atoms with Gasteiger partial charge in [-0.3, -0.25) is 9.59 Å². The first-order valence-electron chi connectivity index (χ1n) is 10.0. The van der Waals surface area contributed by atoms with E-state index < -0.39 is 0 Å². The van der Waals surface area contributed by atoms with Crippen molar-refractivity contribution in [1.82, 2.24) is 9.80 Å². The molecule has 0 radical (unpaired) electrons. The van der Waals surface area contributed by atoms with Gasteiger partial charge >= 0.3 is 0 Å². The molecule has 1 saturated heterocycles. The highest BCUT2D eigenvalue weighted by Gasteiger charge is 2.33. The molecule has 0 bridgehead atoms. The molecule has 3 aliphatic rings. The first-order valence-corrected chi connectivity index (χ1v) is 10.9. The van der Waals surface area contributed by atoms with E-state index in [9.17, 15) is 9.59 Å². The molecule has 2 fully saturated rings. The summed E-state index contributed by atoms with van der Waals surface area (Å²) < 4.78 is 0. The summed E-state index contributed by atoms with van der Waals surface area (Å²) in [4.78, 5) is 30.5. The van der Waals surface area contributed by atoms with Crippen LogP contribution in [-0.4, -0.2) is 53.0 Å². The van der Waals surface area contributed by atoms with E-state index in [1.54, 1.807) is 11.8 Å². The number of fused-ring (bicyclic) bond motifs is 1. The predicted molar refractivity (Wildman–Crippen MR) is 104 cm³/mol. The minimum atomic E-state index is 0.0111. The molecule has 0 spiro atoms. The van der Waals surface area contributed by atoms with Crippen molar-refractivity contribution in [1.29, 1.82) is 0 Å². The van der Waals surface area contributed by atoms with Crippen LogP contribution < -0.4 is 0 Å². The lowest BCUT2D eigenvalue weighted by atomic mass is 10.0. The molecule has 4 nitrogen and oxygen atoms in total. The summed E-state index contributed by atoms with van der Waals surface area (Å²) in [5.74, 6) is 1.29. The summed E-state index contributed by atoms with van der Waals surface area (Å²) in [6, 6.07) is 8.31. The monoisotopic (exact) mass is 372 g/mol. The van der Waals surface area contributed by atoms with Gasteiger partial charge in [0.15, 0.2) is 0 Å². The van der Waals surface area contributed by atoms with Crippen LogP contribution in [0.5, 0.6) is 0 Å². The van der Waals surface area contributed by atoms with Gasteiger partial charge in [-0.1, -0.05) is 43.9 Å². The molecular weight excluding hydrogens is 344 g/mol. The van der Waals surface area contributed by atoms with Crippen molar-refractivity contribution >= 4 is 23.6 Å². The molecule has 1 aromatic carbocycles. The van der Waals surface area contributed by atoms with Gasteiger partial charge in [-0.25, -0.2) is 0 Å². The van der Waals surface area contributed by atoms with Gasteiger partial charge in [-0.2, -0.15) is 0 Å². The fraction of sp³-hybridized carbons (Fsp3) is 0.619. The van der Waals surface area contributed by atoms with Crippen molar-refractivity contribution in [3.8, 4) is 0 Å². The Balaban J connectivity index is 1.23. The summed E-state index contributed by atoms with van der Waals surface area (Å²) in [5, 5.41) is 0.0111. The number of rotatable bonds is 4. The Labute approximate surface area is 160 Å². The van der Waals surface area contributed by atoms with E-state index in [2.05, 4.69) is 12.1 Å². The molecule has 2 aliphatic heterocycles. The Kier molecular flexibility index (Phi) is 5.53. The number of amides is 2. The zero-order valence-electron chi connectivity index (χ0n) is 15.4. The summed E-state index contributed by atoms with van der Waals surface area (Å²) >= 11 is 1.70. The number of thioether (sulfide) groups is 1. The van der Waals surface area contributed by atoms with Gasteiger partial charge < -0.3 is 9.80 Å². The second-order valence-electron chi connectivity index (χ2n) is 7.81. The lowest BCUT2D eigenvalue weighted by Crippen LogP contribution is -2.52. The number of benzene rings is 1. The quantitative estimate of drug-likeness (QED) is 0.814. The number of piperazine rings is 1. The average molecular weight is 373 g/mol. The second-order valence-corrected chi connectivity index (χ2v) is 9.06. The Hall–Kier alpha value is -1.49. The fourth-order valence-corrected chi connectivity index (χ4v) is 5.76. The van der Waals surface area contributed by atoms with E-state index >= 15 is 0 Å². The van der Waals surface area contributed by atoms with Crippen LogP contribution >= 0.6 is 11.8 Å². The van der Waals surface area contributed by atoms with Gasteiger partial charge in [-0.05, 0) is 30.4 Å². The number of carbonyl (C=O) groups is 2. The molecule has 1 saturated carbocycles. The van der Waals surface area contributed by atoms with E-state index in [0.29, 0.717) is 32.6 Å². The standard InChI is InChI=1S/C21H28N2O2S/c24-20(10-9-16-5-1-2-6-16)22-11-13-23(14-12-22)21(25)19-15-17-7-3-4-8-18(17)26-19/h3-4,7-8,16,19H,1-2,5-6,9-15H2. The maximum atomic E-state index is 12.8. The summed E-state index contributed by atoms with van der Waals surface area (Å²) in [5.41, 5.74) is 1.29. The third-order valence-electron chi connectivity index (χ3n) is 6.11. The highest BCUT2D eigenvalue weighted by Crippen LogP contribution is 2.37. The highest BCUT2D eigenvalue weighted by atomic mass is 32.2. The zero-order valence-corrected chi connectivity index (χ0v) is 16.2. The SMILES string of the molecule is O=C(CCC1CCCC1)N1CCN(C(=O)C2Cc3ccccc3S2)CC1. The largest absolute Gasteiger partial charge is 0.339 e. The van der Waals surface area contributed by atoms with Gasteiger partial charge in [0.1, 0.15) is 0 Å². The van der Waals surface area contributed by atoms with Gasteiger partial charge in [0.05, 0.1) is 5.25 Å². The number of hydrogen-bond acceptors (Lipinski definition) is 3. The topological polar surface area (TPSA) is 40.6 Å². The van der Waals surface area contributed by atoms with E-state index in [-0.39, 0.29) is 17.1 Å². The van der Waals surface area contributed by atoms with Crippen molar-refractivity contribution < 1.29 is 9.59 Å². The van der Waals surface area contributed by atoms with Crippen LogP contribution in [0, 0.1) is 5.92 Å². The third kappa shape index (κ3) is 3.93. The number of carbonyl (C=O) groups excluding carboxylic acids is 2. The number of nitrogens with zero attached hydrogens (tertiary/aromatic N) is 2. The first kappa shape index (κ1) is 17.9. The van der Waals surface area contributed by atoms with Gasteiger partial charge in [0.2, 0.25) is 11.8 Å². The van der Waals surface area contributed by atoms with Crippen LogP contribution in [-0.2, 0) is 16.0 Å². The van der Waals surface area contributed by atoms with Gasteiger partial charge in [-0.15, -0.1) is 11.8 Å². The molecule has 2 heterocycles. The molecule has 4 rings (SSSR count). The van der Waals surface area contributed by atoms with E-state index in [4.69, 9.17) is 0 Å². The summed E-state index contributed by atoms with van der Waals surface area (Å²) in [7, 11) is 0. The van der Waals surface area contributed by atoms with Crippen LogP contribution in [0.4, 0.5) is 0 Å². The lowest BCUT2D eigenvalue weighted by Gasteiger charge is -2.36. The average Bonchev–Trinajstić information content (AvgIpc) is 3.35. The third-order valence-corrected chi connectivity index (χ3v) is 7.41. The number of hydrogen-bond donors (Lipinski definition) is 0. The van der Waals surface area contributed by atoms with E-state index in [1.807, 2.05) is 21.9 Å². The Morgan fingerprint density at radius 2 is 1.69 bits per heavy atom. The molecule has 0 N–H and O–H groups in total. The van der Waals surface area contributed by atoms with Crippen LogP contribution in [0.25, 0.3) is 0 Å². The highest BCUT2D eigenvalue weighted by molar-refractivity contribution is 8.01. The Morgan fingerprint density at radius 3 is 2.42 bits per heavy atom. The molecular formula is C21H28N2O2S. The molecule has 2 amide bonds. The normalized spacial score (nSPS) is 23.3. The van der Waals surface area contributed by atoms with Gasteiger partial charge in [0.25, 0.3) is 0 Å². The maximum absolute atomic E-state index is 12.8. The minimum Gasteiger partial charge on any atom is -0.339 e. The Morgan fingerprint density at radius 1 is 1.00 bits per heavy atom. The molecule has 26 heavy (non-hydrogen) atoms.